The van der Waals surface area contributed by atoms with Gasteiger partial charge in [0.15, 0.2) is 5.78 Å². The van der Waals surface area contributed by atoms with Crippen molar-refractivity contribution >= 4 is 33.7 Å². The summed E-state index contributed by atoms with van der Waals surface area (Å²) in [4.78, 5) is 36.4. The molecule has 0 bridgehead atoms. The summed E-state index contributed by atoms with van der Waals surface area (Å²) >= 11 is 3.29. The largest absolute Gasteiger partial charge is 0.463 e. The number of rotatable bonds is 7. The Morgan fingerprint density at radius 2 is 1.69 bits per heavy atom. The highest BCUT2D eigenvalue weighted by atomic mass is 79.9. The summed E-state index contributed by atoms with van der Waals surface area (Å²) in [5, 5.41) is 0. The van der Waals surface area contributed by atoms with Crippen molar-refractivity contribution in [3.63, 3.8) is 0 Å². The van der Waals surface area contributed by atoms with Gasteiger partial charge in [-0.05, 0) is 43.3 Å². The molecule has 134 valence electrons. The molecule has 0 atom stereocenters. The summed E-state index contributed by atoms with van der Waals surface area (Å²) in [5.41, 5.74) is 0.598. The van der Waals surface area contributed by atoms with Crippen LogP contribution in [0.4, 0.5) is 0 Å². The van der Waals surface area contributed by atoms with Crippen molar-refractivity contribution < 1.29 is 23.9 Å². The molecule has 6 heteroatoms. The van der Waals surface area contributed by atoms with Gasteiger partial charge < -0.3 is 9.47 Å². The number of hydrogen-bond donors (Lipinski definition) is 0. The van der Waals surface area contributed by atoms with Crippen molar-refractivity contribution in [1.82, 2.24) is 0 Å². The molecule has 0 N–H and O–H groups in total. The van der Waals surface area contributed by atoms with Gasteiger partial charge in [-0.2, -0.15) is 0 Å². The third-order valence-electron chi connectivity index (χ3n) is 3.41. The zero-order valence-corrected chi connectivity index (χ0v) is 15.7. The zero-order valence-electron chi connectivity index (χ0n) is 14.2. The summed E-state index contributed by atoms with van der Waals surface area (Å²) < 4.78 is 11.0. The topological polar surface area (TPSA) is 69.7 Å². The van der Waals surface area contributed by atoms with Gasteiger partial charge in [0.1, 0.15) is 5.75 Å². The third-order valence-corrected chi connectivity index (χ3v) is 3.94. The summed E-state index contributed by atoms with van der Waals surface area (Å²) in [7, 11) is 0. The summed E-state index contributed by atoms with van der Waals surface area (Å²) in [6.45, 7) is 5.45. The Kier molecular flexibility index (Phi) is 6.86. The Balaban J connectivity index is 2.15. The standard InChI is InChI=1S/C20H17BrO5/c1-3-25-19(23)13(2)12-17(22)16-6-4-5-7-18(16)26-20(24)14-8-10-15(21)11-9-14/h4-11H,2-3,12H2,1H3. The number of hydrogen-bond acceptors (Lipinski definition) is 5. The molecule has 2 aromatic rings. The molecule has 2 rings (SSSR count). The van der Waals surface area contributed by atoms with E-state index in [1.165, 1.54) is 12.1 Å². The van der Waals surface area contributed by atoms with Gasteiger partial charge in [-0.1, -0.05) is 34.6 Å². The van der Waals surface area contributed by atoms with Gasteiger partial charge in [0.05, 0.1) is 17.7 Å². The number of ketones is 1. The van der Waals surface area contributed by atoms with E-state index in [4.69, 9.17) is 9.47 Å². The first kappa shape index (κ1) is 19.6. The van der Waals surface area contributed by atoms with Gasteiger partial charge >= 0.3 is 11.9 Å². The van der Waals surface area contributed by atoms with Gasteiger partial charge in [-0.25, -0.2) is 9.59 Å². The molecule has 0 unspecified atom stereocenters. The highest BCUT2D eigenvalue weighted by Gasteiger charge is 2.19. The highest BCUT2D eigenvalue weighted by molar-refractivity contribution is 9.10. The van der Waals surface area contributed by atoms with Crippen LogP contribution < -0.4 is 4.74 Å². The van der Waals surface area contributed by atoms with Crippen molar-refractivity contribution in [2.45, 2.75) is 13.3 Å². The van der Waals surface area contributed by atoms with Gasteiger partial charge in [-0.15, -0.1) is 0 Å². The monoisotopic (exact) mass is 416 g/mol. The van der Waals surface area contributed by atoms with E-state index in [0.717, 1.165) is 4.47 Å². The van der Waals surface area contributed by atoms with E-state index >= 15 is 0 Å². The van der Waals surface area contributed by atoms with Crippen molar-refractivity contribution in [2.24, 2.45) is 0 Å². The number of benzene rings is 2. The van der Waals surface area contributed by atoms with Gasteiger partial charge in [0.25, 0.3) is 0 Å². The van der Waals surface area contributed by atoms with Crippen LogP contribution in [0.3, 0.4) is 0 Å². The minimum absolute atomic E-state index is 0.0471. The third kappa shape index (κ3) is 5.13. The molecule has 26 heavy (non-hydrogen) atoms. The molecule has 0 saturated carbocycles. The van der Waals surface area contributed by atoms with Crippen LogP contribution >= 0.6 is 15.9 Å². The highest BCUT2D eigenvalue weighted by Crippen LogP contribution is 2.23. The zero-order chi connectivity index (χ0) is 19.1. The average molecular weight is 417 g/mol. The number of esters is 2. The molecule has 0 aliphatic heterocycles. The van der Waals surface area contributed by atoms with E-state index < -0.39 is 11.9 Å². The molecule has 0 aromatic heterocycles. The minimum Gasteiger partial charge on any atom is -0.463 e. The fourth-order valence-electron chi connectivity index (χ4n) is 2.13. The maximum atomic E-state index is 12.5. The number of para-hydroxylation sites is 1. The first-order chi connectivity index (χ1) is 12.4. The second-order valence-corrected chi connectivity index (χ2v) is 6.23. The Morgan fingerprint density at radius 1 is 1.04 bits per heavy atom. The molecule has 0 spiro atoms. The fraction of sp³-hybridized carbons (Fsp3) is 0.150. The van der Waals surface area contributed by atoms with E-state index in [-0.39, 0.29) is 35.7 Å². The van der Waals surface area contributed by atoms with E-state index in [1.54, 1.807) is 43.3 Å². The van der Waals surface area contributed by atoms with Gasteiger partial charge in [-0.3, -0.25) is 4.79 Å². The van der Waals surface area contributed by atoms with Gasteiger partial charge in [0.2, 0.25) is 0 Å². The summed E-state index contributed by atoms with van der Waals surface area (Å²) in [5.74, 6) is -1.46. The van der Waals surface area contributed by atoms with E-state index in [1.807, 2.05) is 0 Å². The number of halogens is 1. The summed E-state index contributed by atoms with van der Waals surface area (Å²) in [6.07, 6.45) is -0.217. The molecule has 0 saturated heterocycles. The first-order valence-electron chi connectivity index (χ1n) is 7.87. The predicted octanol–water partition coefficient (Wildman–Crippen LogP) is 4.36. The number of carbonyl (C=O) groups excluding carboxylic acids is 3. The SMILES string of the molecule is C=C(CC(=O)c1ccccc1OC(=O)c1ccc(Br)cc1)C(=O)OCC. The van der Waals surface area contributed by atoms with Crippen LogP contribution in [-0.2, 0) is 9.53 Å². The molecule has 0 radical (unpaired) electrons. The van der Waals surface area contributed by atoms with Crippen LogP contribution in [0.2, 0.25) is 0 Å². The van der Waals surface area contributed by atoms with Crippen LogP contribution in [0, 0.1) is 0 Å². The molecule has 2 aromatic carbocycles. The van der Waals surface area contributed by atoms with E-state index in [2.05, 4.69) is 22.5 Å². The van der Waals surface area contributed by atoms with Crippen molar-refractivity contribution in [3.05, 3.63) is 76.3 Å². The molecule has 0 amide bonds. The Bertz CT molecular complexity index is 840. The first-order valence-corrected chi connectivity index (χ1v) is 8.66. The molecular weight excluding hydrogens is 400 g/mol. The normalized spacial score (nSPS) is 10.1. The average Bonchev–Trinajstić information content (AvgIpc) is 2.62. The molecule has 0 aliphatic carbocycles. The van der Waals surface area contributed by atoms with Crippen LogP contribution in [0.5, 0.6) is 5.75 Å². The number of ether oxygens (including phenoxy) is 2. The molecule has 0 heterocycles. The molecule has 0 aliphatic rings. The molecule has 0 fully saturated rings. The van der Waals surface area contributed by atoms with Crippen molar-refractivity contribution in [2.75, 3.05) is 6.61 Å². The molecular formula is C20H17BrO5. The lowest BCUT2D eigenvalue weighted by Gasteiger charge is -2.10. The van der Waals surface area contributed by atoms with E-state index in [9.17, 15) is 14.4 Å². The van der Waals surface area contributed by atoms with Crippen LogP contribution in [0.15, 0.2) is 65.2 Å². The summed E-state index contributed by atoms with van der Waals surface area (Å²) in [6, 6.07) is 13.0. The van der Waals surface area contributed by atoms with Crippen molar-refractivity contribution in [1.29, 1.82) is 0 Å². The number of carbonyl (C=O) groups is 3. The molecule has 5 nitrogen and oxygen atoms in total. The maximum Gasteiger partial charge on any atom is 0.343 e. The fourth-order valence-corrected chi connectivity index (χ4v) is 2.39. The lowest BCUT2D eigenvalue weighted by atomic mass is 10.0. The lowest BCUT2D eigenvalue weighted by Crippen LogP contribution is -2.14. The second-order valence-electron chi connectivity index (χ2n) is 5.32. The second kappa shape index (κ2) is 9.10. The minimum atomic E-state index is -0.620. The smallest absolute Gasteiger partial charge is 0.343 e. The van der Waals surface area contributed by atoms with Crippen molar-refractivity contribution in [3.8, 4) is 5.75 Å². The Hall–Kier alpha value is -2.73. The van der Waals surface area contributed by atoms with Crippen LogP contribution in [0.1, 0.15) is 34.1 Å². The van der Waals surface area contributed by atoms with E-state index in [0.29, 0.717) is 5.56 Å². The quantitative estimate of drug-likeness (QED) is 0.290. The predicted molar refractivity (Wildman–Crippen MR) is 100 cm³/mol. The Morgan fingerprint density at radius 3 is 2.35 bits per heavy atom. The Labute approximate surface area is 159 Å². The number of Topliss-reactive ketones (excluding diaryl/α,β-unsaturated/α-hetero) is 1. The van der Waals surface area contributed by atoms with Crippen LogP contribution in [0.25, 0.3) is 0 Å². The van der Waals surface area contributed by atoms with Gasteiger partial charge in [0, 0.05) is 16.5 Å². The maximum absolute atomic E-state index is 12.5. The van der Waals surface area contributed by atoms with Crippen LogP contribution in [-0.4, -0.2) is 24.3 Å². The lowest BCUT2D eigenvalue weighted by molar-refractivity contribution is -0.138.